The minimum absolute atomic E-state index is 0.0959. The van der Waals surface area contributed by atoms with Gasteiger partial charge >= 0.3 is 0 Å². The summed E-state index contributed by atoms with van der Waals surface area (Å²) in [5.41, 5.74) is 0.920. The molecule has 0 saturated heterocycles. The number of pyridine rings is 1. The molecule has 84 valence electrons. The Hall–Kier alpha value is -1.06. The molecule has 2 rings (SSSR count). The molecule has 0 amide bonds. The fraction of sp³-hybridized carbons (Fsp3) is 0.182. The molecule has 2 nitrogen and oxygen atoms in total. The van der Waals surface area contributed by atoms with Gasteiger partial charge in [-0.25, -0.2) is 4.39 Å². The largest absolute Gasteiger partial charge is 0.358 e. The van der Waals surface area contributed by atoms with Crippen molar-refractivity contribution in [3.05, 3.63) is 43.9 Å². The van der Waals surface area contributed by atoms with Gasteiger partial charge in [-0.3, -0.25) is 4.79 Å². The first kappa shape index (κ1) is 11.4. The molecule has 5 heteroatoms. The number of aromatic nitrogens is 1. The second kappa shape index (κ2) is 4.07. The maximum atomic E-state index is 13.4. The van der Waals surface area contributed by atoms with Crippen LogP contribution in [0.4, 0.5) is 4.39 Å². The van der Waals surface area contributed by atoms with Crippen LogP contribution in [0.5, 0.6) is 0 Å². The van der Waals surface area contributed by atoms with Gasteiger partial charge in [-0.05, 0) is 12.5 Å². The molecule has 2 aromatic rings. The summed E-state index contributed by atoms with van der Waals surface area (Å²) in [4.78, 5) is 14.7. The molecule has 1 aromatic carbocycles. The van der Waals surface area contributed by atoms with Gasteiger partial charge in [0, 0.05) is 11.8 Å². The Morgan fingerprint density at radius 2 is 2.06 bits per heavy atom. The van der Waals surface area contributed by atoms with Crippen LogP contribution in [-0.2, 0) is 6.42 Å². The number of hydrogen-bond acceptors (Lipinski definition) is 1. The van der Waals surface area contributed by atoms with E-state index in [9.17, 15) is 9.18 Å². The van der Waals surface area contributed by atoms with Crippen molar-refractivity contribution in [2.75, 3.05) is 0 Å². The number of hydrogen-bond donors (Lipinski definition) is 1. The molecular formula is C11H8Cl2FNO. The highest BCUT2D eigenvalue weighted by atomic mass is 35.5. The molecule has 0 unspecified atom stereocenters. The van der Waals surface area contributed by atoms with Crippen molar-refractivity contribution >= 4 is 34.1 Å². The summed E-state index contributed by atoms with van der Waals surface area (Å²) in [6.45, 7) is 1.91. The predicted molar refractivity (Wildman–Crippen MR) is 63.9 cm³/mol. The van der Waals surface area contributed by atoms with Gasteiger partial charge in [-0.2, -0.15) is 0 Å². The van der Waals surface area contributed by atoms with Crippen molar-refractivity contribution in [2.24, 2.45) is 0 Å². The average Bonchev–Trinajstić information content (AvgIpc) is 2.25. The molecule has 1 aromatic heterocycles. The lowest BCUT2D eigenvalue weighted by atomic mass is 10.1. The van der Waals surface area contributed by atoms with Crippen molar-refractivity contribution in [3.63, 3.8) is 0 Å². The molecule has 0 aliphatic heterocycles. The van der Waals surface area contributed by atoms with Crippen LogP contribution in [-0.4, -0.2) is 4.98 Å². The summed E-state index contributed by atoms with van der Waals surface area (Å²) < 4.78 is 13.4. The standard InChI is InChI=1S/C11H8Cl2FNO/c1-2-5-3-8(16)9-7(15-5)4-6(12)11(14)10(9)13/h3-4H,2H2,1H3,(H,15,16). The molecule has 0 aliphatic carbocycles. The Morgan fingerprint density at radius 3 is 2.69 bits per heavy atom. The van der Waals surface area contributed by atoms with Crippen LogP contribution in [0.15, 0.2) is 16.9 Å². The Balaban J connectivity index is 2.96. The lowest BCUT2D eigenvalue weighted by Gasteiger charge is -2.05. The monoisotopic (exact) mass is 259 g/mol. The second-order valence-electron chi connectivity index (χ2n) is 3.42. The topological polar surface area (TPSA) is 32.9 Å². The van der Waals surface area contributed by atoms with E-state index in [1.54, 1.807) is 0 Å². The van der Waals surface area contributed by atoms with Crippen LogP contribution in [0.2, 0.25) is 10.0 Å². The molecule has 0 fully saturated rings. The molecule has 0 atom stereocenters. The van der Waals surface area contributed by atoms with E-state index in [1.807, 2.05) is 6.92 Å². The summed E-state index contributed by atoms with van der Waals surface area (Å²) >= 11 is 11.4. The molecule has 1 heterocycles. The average molecular weight is 260 g/mol. The maximum Gasteiger partial charge on any atom is 0.191 e. The van der Waals surface area contributed by atoms with Crippen LogP contribution in [0.1, 0.15) is 12.6 Å². The summed E-state index contributed by atoms with van der Waals surface area (Å²) in [7, 11) is 0. The molecular weight excluding hydrogens is 252 g/mol. The van der Waals surface area contributed by atoms with E-state index in [0.717, 1.165) is 5.69 Å². The fourth-order valence-electron chi connectivity index (χ4n) is 1.56. The van der Waals surface area contributed by atoms with Crippen LogP contribution in [0, 0.1) is 5.82 Å². The zero-order valence-corrected chi connectivity index (χ0v) is 9.92. The van der Waals surface area contributed by atoms with Crippen molar-refractivity contribution < 1.29 is 4.39 Å². The highest BCUT2D eigenvalue weighted by Crippen LogP contribution is 2.29. The van der Waals surface area contributed by atoms with Crippen molar-refractivity contribution in [2.45, 2.75) is 13.3 Å². The second-order valence-corrected chi connectivity index (χ2v) is 4.21. The third-order valence-corrected chi connectivity index (χ3v) is 3.02. The third kappa shape index (κ3) is 1.70. The number of rotatable bonds is 1. The summed E-state index contributed by atoms with van der Waals surface area (Å²) in [6, 6.07) is 2.79. The number of aryl methyl sites for hydroxylation is 1. The Kier molecular flexibility index (Phi) is 2.91. The zero-order valence-electron chi connectivity index (χ0n) is 8.40. The molecule has 0 spiro atoms. The van der Waals surface area contributed by atoms with Gasteiger partial charge in [-0.1, -0.05) is 30.1 Å². The van der Waals surface area contributed by atoms with Gasteiger partial charge in [0.15, 0.2) is 11.2 Å². The molecule has 16 heavy (non-hydrogen) atoms. The van der Waals surface area contributed by atoms with E-state index in [1.165, 1.54) is 12.1 Å². The van der Waals surface area contributed by atoms with Crippen LogP contribution in [0.25, 0.3) is 10.9 Å². The van der Waals surface area contributed by atoms with Crippen molar-refractivity contribution in [3.8, 4) is 0 Å². The van der Waals surface area contributed by atoms with E-state index >= 15 is 0 Å². The van der Waals surface area contributed by atoms with E-state index in [-0.39, 0.29) is 20.9 Å². The first-order valence-corrected chi connectivity index (χ1v) is 5.49. The lowest BCUT2D eigenvalue weighted by Crippen LogP contribution is -2.06. The minimum Gasteiger partial charge on any atom is -0.358 e. The molecule has 0 radical (unpaired) electrons. The van der Waals surface area contributed by atoms with E-state index in [4.69, 9.17) is 23.2 Å². The minimum atomic E-state index is -0.759. The Labute approximate surface area is 101 Å². The number of benzene rings is 1. The first-order chi connectivity index (χ1) is 7.54. The van der Waals surface area contributed by atoms with Gasteiger partial charge in [0.1, 0.15) is 0 Å². The van der Waals surface area contributed by atoms with Crippen LogP contribution in [0.3, 0.4) is 0 Å². The number of fused-ring (bicyclic) bond motifs is 1. The number of nitrogens with one attached hydrogen (secondary N) is 1. The fourth-order valence-corrected chi connectivity index (χ4v) is 2.11. The van der Waals surface area contributed by atoms with E-state index < -0.39 is 5.82 Å². The highest BCUT2D eigenvalue weighted by Gasteiger charge is 2.13. The lowest BCUT2D eigenvalue weighted by molar-refractivity contribution is 0.630. The number of H-pyrrole nitrogens is 1. The van der Waals surface area contributed by atoms with E-state index in [0.29, 0.717) is 11.9 Å². The number of aromatic amines is 1. The van der Waals surface area contributed by atoms with Gasteiger partial charge in [0.05, 0.1) is 20.9 Å². The highest BCUT2D eigenvalue weighted by molar-refractivity contribution is 6.38. The first-order valence-electron chi connectivity index (χ1n) is 4.74. The molecule has 0 saturated carbocycles. The van der Waals surface area contributed by atoms with Crippen LogP contribution >= 0.6 is 23.2 Å². The van der Waals surface area contributed by atoms with Crippen molar-refractivity contribution in [1.82, 2.24) is 4.98 Å². The van der Waals surface area contributed by atoms with E-state index in [2.05, 4.69) is 4.98 Å². The quantitative estimate of drug-likeness (QED) is 0.781. The zero-order chi connectivity index (χ0) is 11.9. The molecule has 0 aliphatic rings. The maximum absolute atomic E-state index is 13.4. The van der Waals surface area contributed by atoms with Gasteiger partial charge in [0.25, 0.3) is 0 Å². The van der Waals surface area contributed by atoms with Crippen molar-refractivity contribution in [1.29, 1.82) is 0 Å². The predicted octanol–water partition coefficient (Wildman–Crippen LogP) is 3.54. The van der Waals surface area contributed by atoms with Gasteiger partial charge < -0.3 is 4.98 Å². The van der Waals surface area contributed by atoms with Gasteiger partial charge in [0.2, 0.25) is 0 Å². The summed E-state index contributed by atoms with van der Waals surface area (Å²) in [5.74, 6) is -0.759. The third-order valence-electron chi connectivity index (χ3n) is 2.39. The molecule has 0 bridgehead atoms. The SMILES string of the molecule is CCc1cc(=O)c2c(Cl)c(F)c(Cl)cc2[nH]1. The summed E-state index contributed by atoms with van der Waals surface area (Å²) in [6.07, 6.45) is 0.678. The van der Waals surface area contributed by atoms with Crippen LogP contribution < -0.4 is 5.43 Å². The number of halogens is 3. The molecule has 1 N–H and O–H groups in total. The smallest absolute Gasteiger partial charge is 0.191 e. The van der Waals surface area contributed by atoms with Gasteiger partial charge in [-0.15, -0.1) is 0 Å². The summed E-state index contributed by atoms with van der Waals surface area (Å²) in [5, 5.41) is -0.187. The Bertz CT molecular complexity index is 621. The Morgan fingerprint density at radius 1 is 1.38 bits per heavy atom. The normalized spacial score (nSPS) is 11.0.